The quantitative estimate of drug-likeness (QED) is 0.569. The molecule has 0 saturated carbocycles. The summed E-state index contributed by atoms with van der Waals surface area (Å²) in [4.78, 5) is 4.08. The van der Waals surface area contributed by atoms with Crippen LogP contribution in [0.5, 0.6) is 0 Å². The first-order chi connectivity index (χ1) is 5.04. The molecule has 0 fully saturated rings. The summed E-state index contributed by atoms with van der Waals surface area (Å²) in [6.07, 6.45) is 1.11. The second-order valence-electron chi connectivity index (χ2n) is 3.27. The lowest BCUT2D eigenvalue weighted by Crippen LogP contribution is -2.35. The van der Waals surface area contributed by atoms with E-state index in [0.29, 0.717) is 0 Å². The molecule has 66 valence electrons. The zero-order chi connectivity index (χ0) is 8.85. The lowest BCUT2D eigenvalue weighted by molar-refractivity contribution is 0.354. The van der Waals surface area contributed by atoms with Gasteiger partial charge < -0.3 is 14.7 Å². The summed E-state index contributed by atoms with van der Waals surface area (Å²) in [7, 11) is 5.72. The van der Waals surface area contributed by atoms with E-state index in [1.165, 1.54) is 0 Å². The van der Waals surface area contributed by atoms with Crippen molar-refractivity contribution in [2.24, 2.45) is 0 Å². The first kappa shape index (κ1) is 10.9. The van der Waals surface area contributed by atoms with Gasteiger partial charge in [-0.15, -0.1) is 0 Å². The van der Waals surface area contributed by atoms with Crippen LogP contribution in [0.25, 0.3) is 0 Å². The normalized spacial score (nSPS) is 11.2. The lowest BCUT2D eigenvalue weighted by atomic mass is 9.86. The summed E-state index contributed by atoms with van der Waals surface area (Å²) < 4.78 is 0. The summed E-state index contributed by atoms with van der Waals surface area (Å²) in [5.41, 5.74) is 0. The molecule has 0 bridgehead atoms. The van der Waals surface area contributed by atoms with Gasteiger partial charge in [-0.1, -0.05) is 0 Å². The van der Waals surface area contributed by atoms with E-state index in [2.05, 4.69) is 19.0 Å². The molecule has 1 N–H and O–H groups in total. The maximum atomic E-state index is 9.10. The predicted octanol–water partition coefficient (Wildman–Crippen LogP) is -0.0198. The molecule has 0 atom stereocenters. The van der Waals surface area contributed by atoms with Crippen LogP contribution in [0.3, 0.4) is 0 Å². The smallest absolute Gasteiger partial charge is 0.376 e. The molecule has 0 amide bonds. The summed E-state index contributed by atoms with van der Waals surface area (Å²) in [5.74, 6) is 0. The minimum absolute atomic E-state index is 0.322. The van der Waals surface area contributed by atoms with Gasteiger partial charge in [0.25, 0.3) is 0 Å². The zero-order valence-corrected chi connectivity index (χ0v) is 8.04. The zero-order valence-electron chi connectivity index (χ0n) is 8.04. The molecule has 0 aliphatic carbocycles. The fraction of sp³-hybridized carbons (Fsp3) is 1.00. The monoisotopic (exact) mass is 158 g/mol. The van der Waals surface area contributed by atoms with Gasteiger partial charge in [-0.25, -0.2) is 0 Å². The highest BCUT2D eigenvalue weighted by atomic mass is 16.2. The highest BCUT2D eigenvalue weighted by Gasteiger charge is 2.09. The molecule has 0 saturated heterocycles. The molecule has 11 heavy (non-hydrogen) atoms. The Labute approximate surface area is 70.1 Å². The van der Waals surface area contributed by atoms with Gasteiger partial charge in [0.15, 0.2) is 0 Å². The van der Waals surface area contributed by atoms with Crippen LogP contribution >= 0.6 is 0 Å². The highest BCUT2D eigenvalue weighted by molar-refractivity contribution is 6.45. The van der Waals surface area contributed by atoms with Gasteiger partial charge in [0.2, 0.25) is 0 Å². The Bertz CT molecular complexity index is 98.4. The molecule has 0 aromatic rings. The van der Waals surface area contributed by atoms with E-state index in [9.17, 15) is 0 Å². The van der Waals surface area contributed by atoms with Crippen LogP contribution in [0.2, 0.25) is 6.82 Å². The highest BCUT2D eigenvalue weighted by Crippen LogP contribution is 1.90. The summed E-state index contributed by atoms with van der Waals surface area (Å²) in [5, 5.41) is 9.10. The maximum absolute atomic E-state index is 9.10. The predicted molar refractivity (Wildman–Crippen MR) is 49.6 cm³/mol. The largest absolute Gasteiger partial charge is 0.437 e. The Balaban J connectivity index is 3.24. The third-order valence-corrected chi connectivity index (χ3v) is 1.75. The molecular formula is C7H19BN2O. The van der Waals surface area contributed by atoms with Crippen molar-refractivity contribution in [3.63, 3.8) is 0 Å². The van der Waals surface area contributed by atoms with Crippen molar-refractivity contribution in [3.8, 4) is 0 Å². The van der Waals surface area contributed by atoms with Gasteiger partial charge >= 0.3 is 7.05 Å². The Morgan fingerprint density at radius 3 is 2.09 bits per heavy atom. The second-order valence-corrected chi connectivity index (χ2v) is 3.27. The van der Waals surface area contributed by atoms with Crippen molar-refractivity contribution < 1.29 is 5.02 Å². The minimum atomic E-state index is -0.322. The lowest BCUT2D eigenvalue weighted by Gasteiger charge is -2.18. The second kappa shape index (κ2) is 5.58. The van der Waals surface area contributed by atoms with Crippen molar-refractivity contribution >= 4 is 7.05 Å². The van der Waals surface area contributed by atoms with Crippen LogP contribution in [0.4, 0.5) is 0 Å². The van der Waals surface area contributed by atoms with E-state index in [4.69, 9.17) is 5.02 Å². The molecule has 3 nitrogen and oxygen atoms in total. The van der Waals surface area contributed by atoms with Crippen molar-refractivity contribution in [1.82, 2.24) is 9.71 Å². The molecule has 0 aromatic heterocycles. The molecule has 0 radical (unpaired) electrons. The van der Waals surface area contributed by atoms with E-state index in [1.54, 1.807) is 6.82 Å². The van der Waals surface area contributed by atoms with E-state index in [0.717, 1.165) is 19.5 Å². The van der Waals surface area contributed by atoms with E-state index < -0.39 is 0 Å². The van der Waals surface area contributed by atoms with Crippen LogP contribution in [0.1, 0.15) is 6.42 Å². The van der Waals surface area contributed by atoms with Gasteiger partial charge in [-0.05, 0) is 47.5 Å². The minimum Gasteiger partial charge on any atom is -0.437 e. The molecule has 0 heterocycles. The Morgan fingerprint density at radius 1 is 1.18 bits per heavy atom. The van der Waals surface area contributed by atoms with Crippen LogP contribution in [0, 0.1) is 0 Å². The maximum Gasteiger partial charge on any atom is 0.376 e. The standard InChI is InChI=1S/C7H19BN2O/c1-8(11)10(4)7-5-6-9(2)3/h11H,5-7H2,1-4H3. The van der Waals surface area contributed by atoms with Gasteiger partial charge in [0, 0.05) is 0 Å². The van der Waals surface area contributed by atoms with Gasteiger partial charge in [0.1, 0.15) is 0 Å². The van der Waals surface area contributed by atoms with Gasteiger partial charge in [-0.2, -0.15) is 0 Å². The molecule has 0 aliphatic rings. The summed E-state index contributed by atoms with van der Waals surface area (Å²) in [6, 6.07) is 0. The fourth-order valence-corrected chi connectivity index (χ4v) is 0.823. The first-order valence-corrected chi connectivity index (χ1v) is 4.07. The summed E-state index contributed by atoms with van der Waals surface area (Å²) in [6.45, 7) is 3.82. The average molecular weight is 158 g/mol. The third kappa shape index (κ3) is 6.35. The van der Waals surface area contributed by atoms with Crippen molar-refractivity contribution in [3.05, 3.63) is 0 Å². The van der Waals surface area contributed by atoms with Crippen LogP contribution in [-0.4, -0.2) is 56.0 Å². The molecule has 4 heteroatoms. The fourth-order valence-electron chi connectivity index (χ4n) is 0.823. The number of rotatable bonds is 5. The van der Waals surface area contributed by atoms with Crippen molar-refractivity contribution in [2.45, 2.75) is 13.2 Å². The SMILES string of the molecule is CB(O)N(C)CCCN(C)C. The van der Waals surface area contributed by atoms with Crippen molar-refractivity contribution in [2.75, 3.05) is 34.2 Å². The van der Waals surface area contributed by atoms with Crippen LogP contribution in [0.15, 0.2) is 0 Å². The Morgan fingerprint density at radius 2 is 1.73 bits per heavy atom. The number of hydrogen-bond donors (Lipinski definition) is 1. The molecule has 0 aromatic carbocycles. The Kier molecular flexibility index (Phi) is 5.55. The molecule has 0 rings (SSSR count). The van der Waals surface area contributed by atoms with Gasteiger partial charge in [0.05, 0.1) is 0 Å². The topological polar surface area (TPSA) is 26.7 Å². The Hall–Kier alpha value is -0.0551. The van der Waals surface area contributed by atoms with Crippen molar-refractivity contribution in [1.29, 1.82) is 0 Å². The van der Waals surface area contributed by atoms with E-state index >= 15 is 0 Å². The number of nitrogens with zero attached hydrogens (tertiary/aromatic N) is 2. The molecule has 0 spiro atoms. The molecule has 0 aliphatic heterocycles. The van der Waals surface area contributed by atoms with Crippen LogP contribution < -0.4 is 0 Å². The third-order valence-electron chi connectivity index (χ3n) is 1.75. The van der Waals surface area contributed by atoms with E-state index in [1.807, 2.05) is 11.9 Å². The van der Waals surface area contributed by atoms with E-state index in [-0.39, 0.29) is 7.05 Å². The molecule has 0 unspecified atom stereocenters. The average Bonchev–Trinajstić information content (AvgIpc) is 1.86. The first-order valence-electron chi connectivity index (χ1n) is 4.07. The molecular weight excluding hydrogens is 139 g/mol. The number of hydrogen-bond acceptors (Lipinski definition) is 3. The van der Waals surface area contributed by atoms with Crippen LogP contribution in [-0.2, 0) is 0 Å². The van der Waals surface area contributed by atoms with Gasteiger partial charge in [-0.3, -0.25) is 0 Å². The summed E-state index contributed by atoms with van der Waals surface area (Å²) >= 11 is 0.